The van der Waals surface area contributed by atoms with Crippen molar-refractivity contribution in [1.82, 2.24) is 15.3 Å². The largest absolute Gasteiger partial charge is 0.353 e. The highest BCUT2D eigenvalue weighted by Crippen LogP contribution is 2.22. The van der Waals surface area contributed by atoms with E-state index in [0.717, 1.165) is 47.2 Å². The summed E-state index contributed by atoms with van der Waals surface area (Å²) in [6.45, 7) is 0. The summed E-state index contributed by atoms with van der Waals surface area (Å²) in [6, 6.07) is 16.7. The normalized spacial score (nSPS) is 14.9. The number of amides is 1. The van der Waals surface area contributed by atoms with Crippen LogP contribution in [-0.4, -0.2) is 21.9 Å². The topological polar surface area (TPSA) is 57.8 Å². The molecule has 1 amide bonds. The number of fused-ring (bicyclic) bond motifs is 1. The Balaban J connectivity index is 1.43. The van der Waals surface area contributed by atoms with Crippen molar-refractivity contribution in [2.24, 2.45) is 0 Å². The maximum absolute atomic E-state index is 12.1. The Bertz CT molecular complexity index is 863. The van der Waals surface area contributed by atoms with E-state index in [1.165, 1.54) is 12.8 Å². The predicted molar refractivity (Wildman–Crippen MR) is 100 cm³/mol. The summed E-state index contributed by atoms with van der Waals surface area (Å²) in [5.41, 5.74) is 4.22. The van der Waals surface area contributed by atoms with Crippen LogP contribution in [0.4, 0.5) is 0 Å². The second-order valence-corrected chi connectivity index (χ2v) is 6.85. The molecule has 0 unspecified atom stereocenters. The van der Waals surface area contributed by atoms with Crippen molar-refractivity contribution in [3.63, 3.8) is 0 Å². The fourth-order valence-electron chi connectivity index (χ4n) is 3.57. The van der Waals surface area contributed by atoms with E-state index in [-0.39, 0.29) is 5.91 Å². The van der Waals surface area contributed by atoms with Gasteiger partial charge in [-0.1, -0.05) is 49.2 Å². The molecule has 4 nitrogen and oxygen atoms in total. The smallest absolute Gasteiger partial charge is 0.220 e. The molecule has 0 saturated heterocycles. The first kappa shape index (κ1) is 15.9. The van der Waals surface area contributed by atoms with Crippen LogP contribution >= 0.6 is 0 Å². The van der Waals surface area contributed by atoms with Gasteiger partial charge < -0.3 is 10.3 Å². The standard InChI is InChI=1S/C21H23N3O/c25-20(22-17-8-4-5-9-17)13-11-15-10-12-18-19(14-15)24-21(23-18)16-6-2-1-3-7-16/h1-3,6-7,10,12,14,17H,4-5,8-9,11,13H2,(H,22,25)(H,23,24). The van der Waals surface area contributed by atoms with Gasteiger partial charge in [0.2, 0.25) is 5.91 Å². The quantitative estimate of drug-likeness (QED) is 0.734. The Morgan fingerprint density at radius 3 is 2.72 bits per heavy atom. The van der Waals surface area contributed by atoms with E-state index in [1.807, 2.05) is 36.4 Å². The molecule has 1 heterocycles. The highest BCUT2D eigenvalue weighted by Gasteiger charge is 2.16. The molecular formula is C21H23N3O. The van der Waals surface area contributed by atoms with Crippen molar-refractivity contribution in [3.8, 4) is 11.4 Å². The Hall–Kier alpha value is -2.62. The number of aromatic amines is 1. The van der Waals surface area contributed by atoms with Gasteiger partial charge >= 0.3 is 0 Å². The van der Waals surface area contributed by atoms with Gasteiger partial charge in [-0.05, 0) is 37.0 Å². The van der Waals surface area contributed by atoms with E-state index in [0.29, 0.717) is 12.5 Å². The van der Waals surface area contributed by atoms with E-state index in [4.69, 9.17) is 0 Å². The van der Waals surface area contributed by atoms with Crippen molar-refractivity contribution in [2.45, 2.75) is 44.6 Å². The van der Waals surface area contributed by atoms with Crippen LogP contribution in [0.3, 0.4) is 0 Å². The van der Waals surface area contributed by atoms with Crippen LogP contribution < -0.4 is 5.32 Å². The molecule has 4 heteroatoms. The molecule has 3 aromatic rings. The zero-order valence-corrected chi connectivity index (χ0v) is 14.3. The lowest BCUT2D eigenvalue weighted by Gasteiger charge is -2.11. The van der Waals surface area contributed by atoms with E-state index in [9.17, 15) is 4.79 Å². The van der Waals surface area contributed by atoms with Crippen LogP contribution in [0, 0.1) is 0 Å². The summed E-state index contributed by atoms with van der Waals surface area (Å²) in [6.07, 6.45) is 6.05. The van der Waals surface area contributed by atoms with Gasteiger partial charge in [0, 0.05) is 18.0 Å². The van der Waals surface area contributed by atoms with Gasteiger partial charge in [0.1, 0.15) is 5.82 Å². The highest BCUT2D eigenvalue weighted by molar-refractivity contribution is 5.80. The highest BCUT2D eigenvalue weighted by atomic mass is 16.1. The molecule has 1 fully saturated rings. The van der Waals surface area contributed by atoms with Gasteiger partial charge in [-0.15, -0.1) is 0 Å². The van der Waals surface area contributed by atoms with Gasteiger partial charge in [0.25, 0.3) is 0 Å². The van der Waals surface area contributed by atoms with E-state index < -0.39 is 0 Å². The van der Waals surface area contributed by atoms with Crippen molar-refractivity contribution in [2.75, 3.05) is 0 Å². The number of aryl methyl sites for hydroxylation is 1. The second-order valence-electron chi connectivity index (χ2n) is 6.85. The molecule has 1 aliphatic rings. The maximum Gasteiger partial charge on any atom is 0.220 e. The molecule has 4 rings (SSSR count). The van der Waals surface area contributed by atoms with Gasteiger partial charge in [0.15, 0.2) is 0 Å². The summed E-state index contributed by atoms with van der Waals surface area (Å²) in [5, 5.41) is 3.15. The van der Waals surface area contributed by atoms with Crippen LogP contribution in [-0.2, 0) is 11.2 Å². The Morgan fingerprint density at radius 1 is 1.12 bits per heavy atom. The summed E-state index contributed by atoms with van der Waals surface area (Å²) in [4.78, 5) is 20.1. The number of H-pyrrole nitrogens is 1. The van der Waals surface area contributed by atoms with Crippen molar-refractivity contribution in [3.05, 3.63) is 54.1 Å². The lowest BCUT2D eigenvalue weighted by molar-refractivity contribution is -0.121. The van der Waals surface area contributed by atoms with Gasteiger partial charge in [0.05, 0.1) is 11.0 Å². The molecule has 1 saturated carbocycles. The first-order valence-corrected chi connectivity index (χ1v) is 9.11. The lowest BCUT2D eigenvalue weighted by Crippen LogP contribution is -2.32. The SMILES string of the molecule is O=C(CCc1ccc2nc(-c3ccccc3)[nH]c2c1)NC1CCCC1. The molecule has 0 bridgehead atoms. The summed E-state index contributed by atoms with van der Waals surface area (Å²) < 4.78 is 0. The molecule has 1 aromatic heterocycles. The third-order valence-electron chi connectivity index (χ3n) is 4.95. The number of carbonyl (C=O) groups is 1. The number of nitrogens with one attached hydrogen (secondary N) is 2. The predicted octanol–water partition coefficient (Wildman–Crippen LogP) is 4.22. The number of imidazole rings is 1. The zero-order chi connectivity index (χ0) is 17.1. The minimum absolute atomic E-state index is 0.168. The molecule has 2 aromatic carbocycles. The fraction of sp³-hybridized carbons (Fsp3) is 0.333. The van der Waals surface area contributed by atoms with Crippen LogP contribution in [0.15, 0.2) is 48.5 Å². The van der Waals surface area contributed by atoms with Gasteiger partial charge in [-0.3, -0.25) is 4.79 Å². The number of hydrogen-bond acceptors (Lipinski definition) is 2. The average molecular weight is 333 g/mol. The molecule has 0 aliphatic heterocycles. The van der Waals surface area contributed by atoms with Crippen molar-refractivity contribution in [1.29, 1.82) is 0 Å². The number of benzene rings is 2. The molecule has 0 radical (unpaired) electrons. The number of rotatable bonds is 5. The number of nitrogens with zero attached hydrogens (tertiary/aromatic N) is 1. The van der Waals surface area contributed by atoms with Gasteiger partial charge in [-0.2, -0.15) is 0 Å². The number of hydrogen-bond donors (Lipinski definition) is 2. The molecule has 0 spiro atoms. The Labute approximate surface area is 147 Å². The van der Waals surface area contributed by atoms with Crippen molar-refractivity contribution >= 4 is 16.9 Å². The first-order chi connectivity index (χ1) is 12.3. The average Bonchev–Trinajstić information content (AvgIpc) is 3.29. The summed E-state index contributed by atoms with van der Waals surface area (Å²) in [5.74, 6) is 1.05. The zero-order valence-electron chi connectivity index (χ0n) is 14.3. The monoisotopic (exact) mass is 333 g/mol. The molecule has 1 aliphatic carbocycles. The minimum Gasteiger partial charge on any atom is -0.353 e. The lowest BCUT2D eigenvalue weighted by atomic mass is 10.1. The van der Waals surface area contributed by atoms with Crippen LogP contribution in [0.5, 0.6) is 0 Å². The van der Waals surface area contributed by atoms with E-state index >= 15 is 0 Å². The third-order valence-corrected chi connectivity index (χ3v) is 4.95. The molecule has 0 atom stereocenters. The Kier molecular flexibility index (Phi) is 4.51. The van der Waals surface area contributed by atoms with Crippen LogP contribution in [0.25, 0.3) is 22.4 Å². The van der Waals surface area contributed by atoms with E-state index in [1.54, 1.807) is 0 Å². The van der Waals surface area contributed by atoms with Crippen LogP contribution in [0.1, 0.15) is 37.7 Å². The fourth-order valence-corrected chi connectivity index (χ4v) is 3.57. The summed E-state index contributed by atoms with van der Waals surface area (Å²) in [7, 11) is 0. The third kappa shape index (κ3) is 3.73. The Morgan fingerprint density at radius 2 is 1.92 bits per heavy atom. The van der Waals surface area contributed by atoms with E-state index in [2.05, 4.69) is 27.4 Å². The second kappa shape index (κ2) is 7.09. The van der Waals surface area contributed by atoms with Gasteiger partial charge in [-0.25, -0.2) is 4.98 Å². The van der Waals surface area contributed by atoms with Crippen LogP contribution in [0.2, 0.25) is 0 Å². The number of carbonyl (C=O) groups excluding carboxylic acids is 1. The minimum atomic E-state index is 0.168. The molecule has 25 heavy (non-hydrogen) atoms. The molecule has 128 valence electrons. The summed E-state index contributed by atoms with van der Waals surface area (Å²) >= 11 is 0. The first-order valence-electron chi connectivity index (χ1n) is 9.11. The van der Waals surface area contributed by atoms with Crippen molar-refractivity contribution < 1.29 is 4.79 Å². The molecular weight excluding hydrogens is 310 g/mol. The number of aromatic nitrogens is 2. The maximum atomic E-state index is 12.1. The molecule has 2 N–H and O–H groups in total.